The first kappa shape index (κ1) is 14.0. The molecule has 0 aliphatic heterocycles. The van der Waals surface area contributed by atoms with E-state index in [-0.39, 0.29) is 6.54 Å². The highest BCUT2D eigenvalue weighted by molar-refractivity contribution is 7.98. The second-order valence-corrected chi connectivity index (χ2v) is 4.41. The fourth-order valence-corrected chi connectivity index (χ4v) is 2.15. The maximum absolute atomic E-state index is 8.74. The number of thioether (sulfide) groups is 1. The summed E-state index contributed by atoms with van der Waals surface area (Å²) in [6.45, 7) is 0.190. The third-order valence-corrected chi connectivity index (χ3v) is 3.24. The molecular formula is C12H17NO3S. The standard InChI is InChI=1S/C12H17NO3S/c1-14-10-6-9(8-17-5-4-13)7-11(15-2)12(10)16-3/h6-7H,4-5,8H2,1-3H3. The van der Waals surface area contributed by atoms with Gasteiger partial charge in [-0.1, -0.05) is 0 Å². The van der Waals surface area contributed by atoms with E-state index in [4.69, 9.17) is 19.9 Å². The number of ether oxygens (including phenoxy) is 3. The minimum Gasteiger partial charge on any atom is -0.493 e. The Kier molecular flexibility index (Phi) is 6.00. The van der Waals surface area contributed by atoms with Crippen LogP contribution in [0.2, 0.25) is 0 Å². The fourth-order valence-electron chi connectivity index (χ4n) is 1.47. The van der Waals surface area contributed by atoms with Crippen molar-refractivity contribution < 1.29 is 14.2 Å². The summed E-state index contributed by atoms with van der Waals surface area (Å²) in [5.41, 5.74) is 9.82. The normalized spacial score (nSPS) is 10.1. The number of hydrogen-bond donors (Lipinski definition) is 0. The zero-order valence-electron chi connectivity index (χ0n) is 10.4. The van der Waals surface area contributed by atoms with Crippen molar-refractivity contribution in [2.45, 2.75) is 5.75 Å². The molecule has 0 heterocycles. The summed E-state index contributed by atoms with van der Waals surface area (Å²) in [5, 5.41) is 0. The van der Waals surface area contributed by atoms with Crippen molar-refractivity contribution in [3.8, 4) is 17.2 Å². The molecule has 1 aromatic rings. The van der Waals surface area contributed by atoms with E-state index in [0.717, 1.165) is 17.1 Å². The van der Waals surface area contributed by atoms with Gasteiger partial charge < -0.3 is 14.2 Å². The van der Waals surface area contributed by atoms with E-state index >= 15 is 0 Å². The second-order valence-electron chi connectivity index (χ2n) is 3.31. The molecule has 0 N–H and O–H groups in total. The molecule has 0 fully saturated rings. The van der Waals surface area contributed by atoms with Crippen LogP contribution in [0.25, 0.3) is 0 Å². The van der Waals surface area contributed by atoms with Gasteiger partial charge in [0.25, 0.3) is 0 Å². The molecule has 0 spiro atoms. The third kappa shape index (κ3) is 3.71. The van der Waals surface area contributed by atoms with E-state index in [1.165, 1.54) is 0 Å². The Morgan fingerprint density at radius 3 is 2.06 bits per heavy atom. The summed E-state index contributed by atoms with van der Waals surface area (Å²) in [6, 6.07) is 3.84. The van der Waals surface area contributed by atoms with Crippen molar-refractivity contribution >= 4 is 11.8 Å². The molecule has 0 amide bonds. The van der Waals surface area contributed by atoms with Crippen LogP contribution in [0.3, 0.4) is 0 Å². The molecule has 0 saturated carbocycles. The minimum atomic E-state index is 0.190. The largest absolute Gasteiger partial charge is 0.493 e. The number of rotatable bonds is 7. The molecule has 1 aromatic carbocycles. The average Bonchev–Trinajstić information content (AvgIpc) is 2.37. The van der Waals surface area contributed by atoms with Crippen LogP contribution in [0.4, 0.5) is 0 Å². The molecule has 2 radical (unpaired) electrons. The predicted molar refractivity (Wildman–Crippen MR) is 69.3 cm³/mol. The van der Waals surface area contributed by atoms with Crippen LogP contribution in [0.5, 0.6) is 17.2 Å². The predicted octanol–water partition coefficient (Wildman–Crippen LogP) is 2.01. The Bertz CT molecular complexity index is 333. The zero-order valence-corrected chi connectivity index (χ0v) is 11.2. The van der Waals surface area contributed by atoms with E-state index in [9.17, 15) is 0 Å². The van der Waals surface area contributed by atoms with Gasteiger partial charge in [0.15, 0.2) is 11.5 Å². The number of nitrogens with zero attached hydrogens (tertiary/aromatic N) is 1. The highest BCUT2D eigenvalue weighted by Gasteiger charge is 2.12. The van der Waals surface area contributed by atoms with E-state index < -0.39 is 0 Å². The molecule has 0 saturated heterocycles. The maximum Gasteiger partial charge on any atom is 0.203 e. The Hall–Kier alpha value is -1.07. The van der Waals surface area contributed by atoms with Crippen molar-refractivity contribution in [1.29, 1.82) is 0 Å². The van der Waals surface area contributed by atoms with Gasteiger partial charge in [0.05, 0.1) is 21.3 Å². The summed E-state index contributed by atoms with van der Waals surface area (Å²) >= 11 is 1.66. The van der Waals surface area contributed by atoms with Crippen LogP contribution in [-0.2, 0) is 5.75 Å². The van der Waals surface area contributed by atoms with Crippen molar-refractivity contribution in [2.75, 3.05) is 33.6 Å². The van der Waals surface area contributed by atoms with Crippen molar-refractivity contribution in [2.24, 2.45) is 0 Å². The molecule has 4 nitrogen and oxygen atoms in total. The molecule has 0 aromatic heterocycles. The maximum atomic E-state index is 8.74. The summed E-state index contributed by atoms with van der Waals surface area (Å²) < 4.78 is 15.8. The van der Waals surface area contributed by atoms with E-state index in [1.807, 2.05) is 12.1 Å². The first-order valence-electron chi connectivity index (χ1n) is 5.24. The summed E-state index contributed by atoms with van der Waals surface area (Å²) in [6.07, 6.45) is 0. The highest BCUT2D eigenvalue weighted by atomic mass is 32.2. The van der Waals surface area contributed by atoms with Gasteiger partial charge >= 0.3 is 0 Å². The van der Waals surface area contributed by atoms with Crippen LogP contribution >= 0.6 is 11.8 Å². The Morgan fingerprint density at radius 1 is 1.06 bits per heavy atom. The molecule has 1 rings (SSSR count). The smallest absolute Gasteiger partial charge is 0.203 e. The lowest BCUT2D eigenvalue weighted by molar-refractivity contribution is 0.324. The number of benzene rings is 1. The van der Waals surface area contributed by atoms with Gasteiger partial charge in [-0.3, -0.25) is 0 Å². The molecule has 0 unspecified atom stereocenters. The number of hydrogen-bond acceptors (Lipinski definition) is 4. The van der Waals surface area contributed by atoms with Gasteiger partial charge in [0, 0.05) is 18.1 Å². The van der Waals surface area contributed by atoms with E-state index in [2.05, 4.69) is 0 Å². The third-order valence-electron chi connectivity index (χ3n) is 2.23. The van der Waals surface area contributed by atoms with Gasteiger partial charge in [-0.2, -0.15) is 11.8 Å². The fraction of sp³-hybridized carbons (Fsp3) is 0.500. The van der Waals surface area contributed by atoms with Gasteiger partial charge in [-0.15, -0.1) is 5.73 Å². The van der Waals surface area contributed by atoms with E-state index in [1.54, 1.807) is 33.1 Å². The average molecular weight is 255 g/mol. The quantitative estimate of drug-likeness (QED) is 0.699. The lowest BCUT2D eigenvalue weighted by Gasteiger charge is -2.13. The van der Waals surface area contributed by atoms with Crippen molar-refractivity contribution in [3.05, 3.63) is 17.7 Å². The Morgan fingerprint density at radius 2 is 1.65 bits per heavy atom. The first-order chi connectivity index (χ1) is 8.26. The number of methoxy groups -OCH3 is 3. The SMILES string of the molecule is COc1cc(CSCC[N])cc(OC)c1OC. The highest BCUT2D eigenvalue weighted by Crippen LogP contribution is 2.38. The molecule has 17 heavy (non-hydrogen) atoms. The monoisotopic (exact) mass is 255 g/mol. The Balaban J connectivity index is 2.92. The van der Waals surface area contributed by atoms with E-state index in [0.29, 0.717) is 17.2 Å². The molecule has 94 valence electrons. The van der Waals surface area contributed by atoms with Crippen molar-refractivity contribution in [3.63, 3.8) is 0 Å². The topological polar surface area (TPSA) is 50.0 Å². The van der Waals surface area contributed by atoms with Crippen LogP contribution in [-0.4, -0.2) is 33.6 Å². The van der Waals surface area contributed by atoms with Gasteiger partial charge in [0.1, 0.15) is 0 Å². The molecule has 0 bridgehead atoms. The summed E-state index contributed by atoms with van der Waals surface area (Å²) in [5.74, 6) is 3.44. The Labute approximate surface area is 106 Å². The lowest BCUT2D eigenvalue weighted by Crippen LogP contribution is -1.97. The van der Waals surface area contributed by atoms with Crippen LogP contribution in [0, 0.1) is 0 Å². The van der Waals surface area contributed by atoms with Crippen LogP contribution < -0.4 is 19.9 Å². The van der Waals surface area contributed by atoms with Gasteiger partial charge in [-0.05, 0) is 17.7 Å². The van der Waals surface area contributed by atoms with Gasteiger partial charge in [-0.25, -0.2) is 0 Å². The molecule has 0 aliphatic rings. The molecule has 0 atom stereocenters. The lowest BCUT2D eigenvalue weighted by atomic mass is 10.2. The van der Waals surface area contributed by atoms with Crippen LogP contribution in [0.15, 0.2) is 12.1 Å². The first-order valence-corrected chi connectivity index (χ1v) is 6.39. The second kappa shape index (κ2) is 7.29. The van der Waals surface area contributed by atoms with Gasteiger partial charge in [0.2, 0.25) is 5.75 Å². The van der Waals surface area contributed by atoms with Crippen LogP contribution in [0.1, 0.15) is 5.56 Å². The molecular weight excluding hydrogens is 238 g/mol. The zero-order chi connectivity index (χ0) is 12.7. The van der Waals surface area contributed by atoms with Crippen molar-refractivity contribution in [1.82, 2.24) is 5.73 Å². The summed E-state index contributed by atoms with van der Waals surface area (Å²) in [4.78, 5) is 0. The molecule has 5 heteroatoms. The summed E-state index contributed by atoms with van der Waals surface area (Å²) in [7, 11) is 4.78. The molecule has 0 aliphatic carbocycles. The minimum absolute atomic E-state index is 0.190.